The minimum Gasteiger partial charge on any atom is -0.438 e. The predicted molar refractivity (Wildman–Crippen MR) is 96.4 cm³/mol. The second kappa shape index (κ2) is 9.09. The van der Waals surface area contributed by atoms with Gasteiger partial charge in [0.1, 0.15) is 17.1 Å². The Morgan fingerprint density at radius 1 is 1.37 bits per heavy atom. The number of carbonyl (C=O) groups is 2. The van der Waals surface area contributed by atoms with Gasteiger partial charge in [0.25, 0.3) is 5.24 Å². The molecular weight excluding hydrogens is 405 g/mol. The smallest absolute Gasteiger partial charge is 0.417 e. The second-order valence-electron chi connectivity index (χ2n) is 5.29. The molecule has 1 unspecified atom stereocenters. The van der Waals surface area contributed by atoms with Crippen LogP contribution >= 0.6 is 23.4 Å². The topological polar surface area (TPSA) is 68.3 Å². The number of alkyl halides is 3. The van der Waals surface area contributed by atoms with Crippen molar-refractivity contribution in [3.8, 4) is 11.6 Å². The minimum atomic E-state index is -4.54. The van der Waals surface area contributed by atoms with Gasteiger partial charge in [-0.2, -0.15) is 13.2 Å². The molecule has 1 atom stereocenters. The monoisotopic (exact) mass is 418 g/mol. The molecule has 144 valence electrons. The number of amides is 1. The van der Waals surface area contributed by atoms with Gasteiger partial charge in [0.05, 0.1) is 10.8 Å². The van der Waals surface area contributed by atoms with E-state index in [1.54, 1.807) is 24.3 Å². The molecule has 0 saturated heterocycles. The fourth-order valence-electron chi connectivity index (χ4n) is 2.01. The highest BCUT2D eigenvalue weighted by Gasteiger charge is 2.31. The summed E-state index contributed by atoms with van der Waals surface area (Å²) in [5.74, 6) is 0.160. The van der Waals surface area contributed by atoms with E-state index in [-0.39, 0.29) is 16.1 Å². The van der Waals surface area contributed by atoms with Crippen LogP contribution in [0.2, 0.25) is 5.02 Å². The van der Waals surface area contributed by atoms with E-state index in [4.69, 9.17) is 16.3 Å². The Bertz CT molecular complexity index is 816. The maximum Gasteiger partial charge on any atom is 0.417 e. The third-order valence-electron chi connectivity index (χ3n) is 3.32. The van der Waals surface area contributed by atoms with Gasteiger partial charge in [-0.3, -0.25) is 4.79 Å². The fraction of sp³-hybridized carbons (Fsp3) is 0.235. The molecule has 0 radical (unpaired) electrons. The van der Waals surface area contributed by atoms with Gasteiger partial charge in [-0.05, 0) is 30.2 Å². The summed E-state index contributed by atoms with van der Waals surface area (Å²) in [6.07, 6.45) is -2.88. The summed E-state index contributed by atoms with van der Waals surface area (Å²) in [4.78, 5) is 26.0. The number of nitrogens with zero attached hydrogens (tertiary/aromatic N) is 1. The van der Waals surface area contributed by atoms with E-state index in [9.17, 15) is 22.8 Å². The van der Waals surface area contributed by atoms with Gasteiger partial charge >= 0.3 is 6.18 Å². The highest BCUT2D eigenvalue weighted by molar-refractivity contribution is 8.14. The molecule has 0 aliphatic rings. The number of benzene rings is 1. The van der Waals surface area contributed by atoms with Gasteiger partial charge in [0.15, 0.2) is 0 Å². The van der Waals surface area contributed by atoms with Crippen molar-refractivity contribution in [2.45, 2.75) is 17.8 Å². The summed E-state index contributed by atoms with van der Waals surface area (Å²) in [7, 11) is 1.48. The van der Waals surface area contributed by atoms with Gasteiger partial charge in [-0.15, -0.1) is 0 Å². The van der Waals surface area contributed by atoms with Crippen molar-refractivity contribution in [1.29, 1.82) is 0 Å². The maximum absolute atomic E-state index is 12.6. The second-order valence-corrected chi connectivity index (χ2v) is 6.91. The quantitative estimate of drug-likeness (QED) is 0.687. The van der Waals surface area contributed by atoms with Gasteiger partial charge in [-0.25, -0.2) is 4.98 Å². The molecule has 10 heteroatoms. The molecule has 1 aromatic heterocycles. The average Bonchev–Trinajstić information content (AvgIpc) is 2.63. The first-order valence-corrected chi connectivity index (χ1v) is 8.82. The van der Waals surface area contributed by atoms with E-state index in [0.29, 0.717) is 24.7 Å². The Balaban J connectivity index is 2.05. The first-order valence-electron chi connectivity index (χ1n) is 7.56. The van der Waals surface area contributed by atoms with Crippen molar-refractivity contribution < 1.29 is 27.5 Å². The number of hydrogen-bond acceptors (Lipinski definition) is 5. The van der Waals surface area contributed by atoms with Gasteiger partial charge in [-0.1, -0.05) is 35.5 Å². The van der Waals surface area contributed by atoms with Crippen LogP contribution in [0.25, 0.3) is 0 Å². The molecule has 0 saturated carbocycles. The summed E-state index contributed by atoms with van der Waals surface area (Å²) in [5.41, 5.74) is -0.189. The molecule has 5 nitrogen and oxygen atoms in total. The van der Waals surface area contributed by atoms with Crippen LogP contribution in [0.3, 0.4) is 0 Å². The number of aromatic nitrogens is 1. The highest BCUT2D eigenvalue weighted by Crippen LogP contribution is 2.34. The summed E-state index contributed by atoms with van der Waals surface area (Å²) in [6, 6.07) is 7.22. The third kappa shape index (κ3) is 6.14. The van der Waals surface area contributed by atoms with Gasteiger partial charge in [0.2, 0.25) is 5.88 Å². The van der Waals surface area contributed by atoms with E-state index in [2.05, 4.69) is 10.3 Å². The van der Waals surface area contributed by atoms with E-state index in [0.717, 1.165) is 23.4 Å². The molecule has 1 aromatic carbocycles. The lowest BCUT2D eigenvalue weighted by Gasteiger charge is -2.11. The van der Waals surface area contributed by atoms with Crippen LogP contribution in [-0.4, -0.2) is 28.8 Å². The summed E-state index contributed by atoms with van der Waals surface area (Å²) in [6.45, 7) is 0. The normalized spacial score (nSPS) is 12.3. The lowest BCUT2D eigenvalue weighted by atomic mass is 10.1. The number of hydrogen-bond donors (Lipinski definition) is 1. The zero-order valence-corrected chi connectivity index (χ0v) is 15.5. The molecule has 0 fully saturated rings. The molecule has 0 bridgehead atoms. The summed E-state index contributed by atoms with van der Waals surface area (Å²) in [5, 5.41) is 1.31. The number of ether oxygens (including phenoxy) is 1. The maximum atomic E-state index is 12.6. The molecule has 0 aliphatic heterocycles. The number of rotatable bonds is 6. The molecular formula is C17H14ClF3N2O3S. The zero-order chi connectivity index (χ0) is 20.0. The Hall–Kier alpha value is -2.26. The van der Waals surface area contributed by atoms with Gasteiger partial charge in [0, 0.05) is 13.2 Å². The largest absolute Gasteiger partial charge is 0.438 e. The molecule has 2 rings (SSSR count). The standard InChI is InChI=1S/C17H14ClF3N2O3S/c1-22-16(25)27-13(9-24)6-10-2-4-12(5-3-10)26-15-14(18)7-11(8-23-15)17(19,20)21/h2-5,7-9,13H,6H2,1H3,(H,22,25). The number of halogens is 4. The van der Waals surface area contributed by atoms with E-state index >= 15 is 0 Å². The van der Waals surface area contributed by atoms with E-state index < -0.39 is 17.0 Å². The summed E-state index contributed by atoms with van der Waals surface area (Å²) < 4.78 is 43.2. The third-order valence-corrected chi connectivity index (χ3v) is 4.59. The lowest BCUT2D eigenvalue weighted by molar-refractivity contribution is -0.137. The average molecular weight is 419 g/mol. The van der Waals surface area contributed by atoms with Crippen LogP contribution < -0.4 is 10.1 Å². The number of carbonyl (C=O) groups excluding carboxylic acids is 2. The van der Waals surface area contributed by atoms with Crippen molar-refractivity contribution >= 4 is 34.9 Å². The molecule has 1 amide bonds. The van der Waals surface area contributed by atoms with Crippen LogP contribution in [0.4, 0.5) is 18.0 Å². The number of nitrogens with one attached hydrogen (secondary N) is 1. The Kier molecular flexibility index (Phi) is 7.09. The first kappa shape index (κ1) is 21.0. The lowest BCUT2D eigenvalue weighted by Crippen LogP contribution is -2.18. The van der Waals surface area contributed by atoms with E-state index in [1.165, 1.54) is 7.05 Å². The Morgan fingerprint density at radius 2 is 2.04 bits per heavy atom. The Morgan fingerprint density at radius 3 is 2.56 bits per heavy atom. The SMILES string of the molecule is CNC(=O)SC(C=O)Cc1ccc(Oc2ncc(C(F)(F)F)cc2Cl)cc1. The number of pyridine rings is 1. The molecule has 1 N–H and O–H groups in total. The molecule has 2 aromatic rings. The van der Waals surface area contributed by atoms with Crippen molar-refractivity contribution in [1.82, 2.24) is 10.3 Å². The van der Waals surface area contributed by atoms with Crippen LogP contribution in [0.5, 0.6) is 11.6 Å². The predicted octanol–water partition coefficient (Wildman–Crippen LogP) is 4.73. The first-order chi connectivity index (χ1) is 12.7. The number of aldehydes is 1. The molecule has 27 heavy (non-hydrogen) atoms. The van der Waals surface area contributed by atoms with Crippen LogP contribution in [-0.2, 0) is 17.4 Å². The van der Waals surface area contributed by atoms with Crippen LogP contribution in [0.15, 0.2) is 36.5 Å². The van der Waals surface area contributed by atoms with Crippen molar-refractivity contribution in [2.24, 2.45) is 0 Å². The highest BCUT2D eigenvalue weighted by atomic mass is 35.5. The van der Waals surface area contributed by atoms with Crippen LogP contribution in [0, 0.1) is 0 Å². The molecule has 1 heterocycles. The Labute approximate surface area is 162 Å². The van der Waals surface area contributed by atoms with Gasteiger partial charge < -0.3 is 14.8 Å². The van der Waals surface area contributed by atoms with Crippen molar-refractivity contribution in [3.05, 3.63) is 52.7 Å². The zero-order valence-electron chi connectivity index (χ0n) is 13.9. The van der Waals surface area contributed by atoms with E-state index in [1.807, 2.05) is 0 Å². The van der Waals surface area contributed by atoms with Crippen LogP contribution in [0.1, 0.15) is 11.1 Å². The fourth-order valence-corrected chi connectivity index (χ4v) is 2.94. The van der Waals surface area contributed by atoms with Crippen molar-refractivity contribution in [3.63, 3.8) is 0 Å². The number of thioether (sulfide) groups is 1. The molecule has 0 spiro atoms. The molecule has 0 aliphatic carbocycles. The minimum absolute atomic E-state index is 0.154. The summed E-state index contributed by atoms with van der Waals surface area (Å²) >= 11 is 6.68. The van der Waals surface area contributed by atoms with Crippen molar-refractivity contribution in [2.75, 3.05) is 7.05 Å².